The van der Waals surface area contributed by atoms with E-state index >= 15 is 0 Å². The molecule has 0 unspecified atom stereocenters. The number of aryl methyl sites for hydroxylation is 8. The first-order valence-electron chi connectivity index (χ1n) is 33.7. The number of benzene rings is 16. The van der Waals surface area contributed by atoms with Gasteiger partial charge in [0.05, 0.1) is 0 Å². The van der Waals surface area contributed by atoms with Crippen LogP contribution in [0, 0.1) is 55.4 Å². The zero-order valence-corrected chi connectivity index (χ0v) is 56.0. The smallest absolute Gasteiger partial charge is 0.00263 e. The summed E-state index contributed by atoms with van der Waals surface area (Å²) in [5.41, 5.74) is 35.3. The van der Waals surface area contributed by atoms with Gasteiger partial charge in [-0.25, -0.2) is 0 Å². The largest absolute Gasteiger partial charge is 0.0616 e. The molecular formula is C96H76. The van der Waals surface area contributed by atoms with Gasteiger partial charge in [0.15, 0.2) is 0 Å². The van der Waals surface area contributed by atoms with Crippen molar-refractivity contribution in [2.24, 2.45) is 0 Å². The Morgan fingerprint density at radius 1 is 0.115 bits per heavy atom. The van der Waals surface area contributed by atoms with Crippen LogP contribution < -0.4 is 0 Å². The lowest BCUT2D eigenvalue weighted by atomic mass is 9.85. The molecule has 460 valence electrons. The normalized spacial score (nSPS) is 11.3. The second kappa shape index (κ2) is 25.8. The van der Waals surface area contributed by atoms with Gasteiger partial charge < -0.3 is 0 Å². The number of hydrogen-bond donors (Lipinski definition) is 0. The summed E-state index contributed by atoms with van der Waals surface area (Å²) in [6, 6.07) is 117. The van der Waals surface area contributed by atoms with Crippen molar-refractivity contribution in [1.82, 2.24) is 0 Å². The highest BCUT2D eigenvalue weighted by molar-refractivity contribution is 6.23. The highest BCUT2D eigenvalue weighted by Crippen LogP contribution is 2.47. The molecule has 0 radical (unpaired) electrons. The molecule has 0 nitrogen and oxygen atoms in total. The molecule has 0 saturated carbocycles. The van der Waals surface area contributed by atoms with Crippen LogP contribution in [0.25, 0.3) is 154 Å². The van der Waals surface area contributed by atoms with Crippen LogP contribution in [0.4, 0.5) is 0 Å². The molecule has 0 aliphatic rings. The third kappa shape index (κ3) is 12.2. The molecule has 0 amide bonds. The highest BCUT2D eigenvalue weighted by Gasteiger charge is 2.20. The van der Waals surface area contributed by atoms with Crippen molar-refractivity contribution in [2.45, 2.75) is 55.4 Å². The molecule has 0 bridgehead atoms. The molecule has 0 aromatic heterocycles. The van der Waals surface area contributed by atoms with E-state index < -0.39 is 0 Å². The Morgan fingerprint density at radius 3 is 0.531 bits per heavy atom. The highest BCUT2D eigenvalue weighted by atomic mass is 14.2. The minimum atomic E-state index is 1.22. The molecule has 0 fully saturated rings. The van der Waals surface area contributed by atoms with E-state index in [1.54, 1.807) is 0 Å². The molecule has 0 aliphatic heterocycles. The van der Waals surface area contributed by atoms with Gasteiger partial charge in [-0.2, -0.15) is 0 Å². The molecule has 96 heavy (non-hydrogen) atoms. The molecule has 0 spiro atoms. The fourth-order valence-corrected chi connectivity index (χ4v) is 14.6. The van der Waals surface area contributed by atoms with Crippen molar-refractivity contribution in [3.8, 4) is 111 Å². The van der Waals surface area contributed by atoms with Crippen LogP contribution in [0.2, 0.25) is 0 Å². The first kappa shape index (κ1) is 60.8. The summed E-state index contributed by atoms with van der Waals surface area (Å²) in [5, 5.41) is 10.2. The molecule has 0 heterocycles. The van der Waals surface area contributed by atoms with Crippen LogP contribution in [0.3, 0.4) is 0 Å². The lowest BCUT2D eigenvalue weighted by Gasteiger charge is -2.19. The van der Waals surface area contributed by atoms with Crippen LogP contribution in [0.5, 0.6) is 0 Å². The van der Waals surface area contributed by atoms with Gasteiger partial charge in [-0.3, -0.25) is 0 Å². The summed E-state index contributed by atoms with van der Waals surface area (Å²) in [6.07, 6.45) is 0. The zero-order valence-electron chi connectivity index (χ0n) is 56.0. The minimum absolute atomic E-state index is 1.22. The summed E-state index contributed by atoms with van der Waals surface area (Å²) in [6.45, 7) is 17.3. The third-order valence-corrected chi connectivity index (χ3v) is 19.4. The van der Waals surface area contributed by atoms with E-state index in [1.807, 2.05) is 0 Å². The van der Waals surface area contributed by atoms with Crippen molar-refractivity contribution in [3.63, 3.8) is 0 Å². The average molecular weight is 1230 g/mol. The second-order valence-electron chi connectivity index (χ2n) is 26.6. The van der Waals surface area contributed by atoms with E-state index in [9.17, 15) is 0 Å². The molecule has 16 aromatic rings. The molecular weight excluding hydrogens is 1150 g/mol. The lowest BCUT2D eigenvalue weighted by Crippen LogP contribution is -1.92. The van der Waals surface area contributed by atoms with Crippen LogP contribution in [0.1, 0.15) is 44.5 Å². The molecule has 0 N–H and O–H groups in total. The molecule has 16 rings (SSSR count). The van der Waals surface area contributed by atoms with E-state index in [4.69, 9.17) is 0 Å². The number of fused-ring (bicyclic) bond motifs is 4. The molecule has 0 heteroatoms. The van der Waals surface area contributed by atoms with E-state index in [0.29, 0.717) is 0 Å². The standard InChI is InChI=1S/C53H40.C43H36/c1-35-8-13-38(14-9-35)40-17-21-42(22-18-40)44-25-29-46(30-26-44)52-48-6-4-5-7-49(48)53(51-34-37(3)12-33-50(51)52)47-31-27-45(28-32-47)43-23-19-41(20-24-43)39-15-10-36(2)11-16-39;1-27-10-19-40-41(26-27)43(35-17-13-33(14-18-35)37-24-30(4)21-31(5)25-37)39-9-7-6-8-38(39)42(40)34-15-11-32(12-16-34)36-22-28(2)20-29(3)23-36/h4-34H,1-3H3;6-26H,1-5H3. The summed E-state index contributed by atoms with van der Waals surface area (Å²) >= 11 is 0. The van der Waals surface area contributed by atoms with Crippen molar-refractivity contribution < 1.29 is 0 Å². The van der Waals surface area contributed by atoms with Gasteiger partial charge in [0, 0.05) is 0 Å². The Morgan fingerprint density at radius 2 is 0.292 bits per heavy atom. The van der Waals surface area contributed by atoms with E-state index in [-0.39, 0.29) is 0 Å². The maximum absolute atomic E-state index is 2.36. The topological polar surface area (TPSA) is 0 Å². The van der Waals surface area contributed by atoms with Crippen LogP contribution in [0.15, 0.2) is 315 Å². The van der Waals surface area contributed by atoms with Crippen LogP contribution >= 0.6 is 0 Å². The zero-order chi connectivity index (χ0) is 65.6. The summed E-state index contributed by atoms with van der Waals surface area (Å²) < 4.78 is 0. The fraction of sp³-hybridized carbons (Fsp3) is 0.0833. The number of hydrogen-bond acceptors (Lipinski definition) is 0. The lowest BCUT2D eigenvalue weighted by molar-refractivity contribution is 1.38. The summed E-state index contributed by atoms with van der Waals surface area (Å²) in [7, 11) is 0. The van der Waals surface area contributed by atoms with Gasteiger partial charge in [-0.1, -0.05) is 360 Å². The van der Waals surface area contributed by atoms with Crippen molar-refractivity contribution in [2.75, 3.05) is 0 Å². The SMILES string of the molecule is Cc1cc(C)cc(-c2ccc(-c3c4ccccc4c(-c4ccc(-c5cc(C)cc(C)c5)cc4)c4cc(C)ccc34)cc2)c1.Cc1ccc(-c2ccc(-c3ccc(-c4c5ccccc5c(-c5ccc(-c6ccc(-c7ccc(C)cc7)cc6)cc5)c5cc(C)ccc45)cc3)cc2)cc1. The Bertz CT molecular complexity index is 5510. The van der Waals surface area contributed by atoms with Crippen molar-refractivity contribution in [3.05, 3.63) is 360 Å². The average Bonchev–Trinajstić information content (AvgIpc) is 0.740. The van der Waals surface area contributed by atoms with Gasteiger partial charge in [0.1, 0.15) is 0 Å². The minimum Gasteiger partial charge on any atom is -0.0616 e. The van der Waals surface area contributed by atoms with E-state index in [1.165, 1.54) is 199 Å². The predicted molar refractivity (Wildman–Crippen MR) is 415 cm³/mol. The summed E-state index contributed by atoms with van der Waals surface area (Å²) in [5.74, 6) is 0. The van der Waals surface area contributed by atoms with Crippen LogP contribution in [-0.2, 0) is 0 Å². The maximum atomic E-state index is 2.36. The molecule has 0 atom stereocenters. The number of rotatable bonds is 10. The van der Waals surface area contributed by atoms with Gasteiger partial charge in [-0.05, 0) is 210 Å². The van der Waals surface area contributed by atoms with Gasteiger partial charge in [-0.15, -0.1) is 0 Å². The monoisotopic (exact) mass is 1230 g/mol. The molecule has 0 aliphatic carbocycles. The van der Waals surface area contributed by atoms with Crippen molar-refractivity contribution >= 4 is 43.1 Å². The Balaban J connectivity index is 0.000000161. The predicted octanol–water partition coefficient (Wildman–Crippen LogP) is 27.1. The first-order valence-corrected chi connectivity index (χ1v) is 33.7. The Kier molecular flexibility index (Phi) is 16.3. The van der Waals surface area contributed by atoms with Gasteiger partial charge in [0.25, 0.3) is 0 Å². The first-order chi connectivity index (χ1) is 46.8. The van der Waals surface area contributed by atoms with E-state index in [2.05, 4.69) is 371 Å². The Hall–Kier alpha value is -11.4. The quantitative estimate of drug-likeness (QED) is 0.120. The Labute approximate surface area is 566 Å². The van der Waals surface area contributed by atoms with Crippen molar-refractivity contribution in [1.29, 1.82) is 0 Å². The molecule has 0 saturated heterocycles. The van der Waals surface area contributed by atoms with Gasteiger partial charge >= 0.3 is 0 Å². The van der Waals surface area contributed by atoms with E-state index in [0.717, 1.165) is 0 Å². The summed E-state index contributed by atoms with van der Waals surface area (Å²) in [4.78, 5) is 0. The second-order valence-corrected chi connectivity index (χ2v) is 26.6. The molecule has 16 aromatic carbocycles. The van der Waals surface area contributed by atoms with Gasteiger partial charge in [0.2, 0.25) is 0 Å². The fourth-order valence-electron chi connectivity index (χ4n) is 14.6. The third-order valence-electron chi connectivity index (χ3n) is 19.4. The van der Waals surface area contributed by atoms with Crippen LogP contribution in [-0.4, -0.2) is 0 Å². The maximum Gasteiger partial charge on any atom is -0.00263 e.